The van der Waals surface area contributed by atoms with E-state index in [1.54, 1.807) is 12.1 Å². The quantitative estimate of drug-likeness (QED) is 0.481. The molecule has 7 N–H and O–H groups in total. The molecule has 0 heterocycles. The number of carbonyl (C=O) groups is 2. The van der Waals surface area contributed by atoms with Gasteiger partial charge in [-0.1, -0.05) is 18.6 Å². The molecule has 0 aromatic heterocycles. The highest BCUT2D eigenvalue weighted by atomic mass is 16.4. The molecule has 0 saturated carbocycles. The summed E-state index contributed by atoms with van der Waals surface area (Å²) in [5.41, 5.74) is 10.4. The van der Waals surface area contributed by atoms with Gasteiger partial charge >= 0.3 is 11.9 Å². The highest BCUT2D eigenvalue weighted by molar-refractivity contribution is 5.90. The Morgan fingerprint density at radius 1 is 1.15 bits per heavy atom. The zero-order valence-corrected chi connectivity index (χ0v) is 11.0. The van der Waals surface area contributed by atoms with Crippen LogP contribution < -0.4 is 11.5 Å². The van der Waals surface area contributed by atoms with Crippen LogP contribution in [0.15, 0.2) is 24.3 Å². The van der Waals surface area contributed by atoms with E-state index in [2.05, 4.69) is 0 Å². The van der Waals surface area contributed by atoms with Crippen LogP contribution in [-0.2, 0) is 4.79 Å². The molecule has 0 amide bonds. The molecule has 0 fully saturated rings. The van der Waals surface area contributed by atoms with Gasteiger partial charge in [0.1, 0.15) is 17.4 Å². The second-order valence-electron chi connectivity index (χ2n) is 4.05. The molecule has 0 bridgehead atoms. The van der Waals surface area contributed by atoms with E-state index in [-0.39, 0.29) is 11.3 Å². The number of hydrogen-bond donors (Lipinski definition) is 5. The van der Waals surface area contributed by atoms with Crippen molar-refractivity contribution in [3.05, 3.63) is 29.8 Å². The van der Waals surface area contributed by atoms with E-state index in [0.29, 0.717) is 13.0 Å². The van der Waals surface area contributed by atoms with E-state index < -0.39 is 18.0 Å². The number of benzene rings is 1. The van der Waals surface area contributed by atoms with Gasteiger partial charge in [0.05, 0.1) is 0 Å². The van der Waals surface area contributed by atoms with Gasteiger partial charge in [-0.05, 0) is 31.5 Å². The summed E-state index contributed by atoms with van der Waals surface area (Å²) < 4.78 is 0. The molecule has 0 aliphatic heterocycles. The van der Waals surface area contributed by atoms with Gasteiger partial charge in [0.2, 0.25) is 0 Å². The minimum Gasteiger partial charge on any atom is -0.507 e. The molecule has 112 valence electrons. The lowest BCUT2D eigenvalue weighted by molar-refractivity contribution is -0.138. The summed E-state index contributed by atoms with van der Waals surface area (Å²) in [5, 5.41) is 25.6. The van der Waals surface area contributed by atoms with Gasteiger partial charge in [0.25, 0.3) is 0 Å². The lowest BCUT2D eigenvalue weighted by Crippen LogP contribution is -2.29. The van der Waals surface area contributed by atoms with Gasteiger partial charge in [0.15, 0.2) is 0 Å². The normalized spacial score (nSPS) is 11.1. The van der Waals surface area contributed by atoms with Crippen molar-refractivity contribution in [2.24, 2.45) is 11.5 Å². The highest BCUT2D eigenvalue weighted by Crippen LogP contribution is 2.14. The molecule has 0 radical (unpaired) electrons. The Kier molecular flexibility index (Phi) is 8.73. The predicted molar refractivity (Wildman–Crippen MR) is 73.6 cm³/mol. The molecule has 1 aromatic carbocycles. The van der Waals surface area contributed by atoms with Crippen LogP contribution in [0.5, 0.6) is 5.75 Å². The number of para-hydroxylation sites is 1. The lowest BCUT2D eigenvalue weighted by Gasteiger charge is -2.03. The average Bonchev–Trinajstić information content (AvgIpc) is 2.39. The van der Waals surface area contributed by atoms with E-state index in [9.17, 15) is 9.59 Å². The summed E-state index contributed by atoms with van der Waals surface area (Å²) in [7, 11) is 0. The first-order chi connectivity index (χ1) is 9.40. The fraction of sp³-hybridized carbons (Fsp3) is 0.385. The van der Waals surface area contributed by atoms with Gasteiger partial charge < -0.3 is 26.8 Å². The Morgan fingerprint density at radius 2 is 1.75 bits per heavy atom. The van der Waals surface area contributed by atoms with Crippen molar-refractivity contribution in [2.45, 2.75) is 25.3 Å². The van der Waals surface area contributed by atoms with Gasteiger partial charge in [-0.15, -0.1) is 0 Å². The summed E-state index contributed by atoms with van der Waals surface area (Å²) in [5.74, 6) is -2.25. The van der Waals surface area contributed by atoms with Gasteiger partial charge in [-0.2, -0.15) is 0 Å². The maximum Gasteiger partial charge on any atom is 0.339 e. The second kappa shape index (κ2) is 9.76. The molecular weight excluding hydrogens is 264 g/mol. The van der Waals surface area contributed by atoms with Gasteiger partial charge in [0, 0.05) is 0 Å². The summed E-state index contributed by atoms with van der Waals surface area (Å²) in [6, 6.07) is 5.10. The molecule has 1 rings (SSSR count). The van der Waals surface area contributed by atoms with Gasteiger partial charge in [-0.25, -0.2) is 4.79 Å². The fourth-order valence-corrected chi connectivity index (χ4v) is 1.29. The van der Waals surface area contributed by atoms with E-state index in [4.69, 9.17) is 26.8 Å². The third-order valence-electron chi connectivity index (χ3n) is 2.42. The van der Waals surface area contributed by atoms with Crippen LogP contribution in [0, 0.1) is 0 Å². The van der Waals surface area contributed by atoms with E-state index in [1.807, 2.05) is 0 Å². The Balaban J connectivity index is 0.000000361. The van der Waals surface area contributed by atoms with Crippen molar-refractivity contribution in [1.82, 2.24) is 0 Å². The van der Waals surface area contributed by atoms with Crippen molar-refractivity contribution >= 4 is 11.9 Å². The first-order valence-corrected chi connectivity index (χ1v) is 6.09. The highest BCUT2D eigenvalue weighted by Gasteiger charge is 2.09. The minimum atomic E-state index is -1.11. The molecule has 1 unspecified atom stereocenters. The number of carboxylic acids is 2. The number of aliphatic carboxylic acids is 1. The first kappa shape index (κ1) is 17.9. The molecule has 0 saturated heterocycles. The van der Waals surface area contributed by atoms with Crippen molar-refractivity contribution in [2.75, 3.05) is 6.54 Å². The smallest absolute Gasteiger partial charge is 0.339 e. The Bertz CT molecular complexity index is 437. The number of carboxylic acid groups (broad SMARTS) is 2. The lowest BCUT2D eigenvalue weighted by atomic mass is 10.1. The van der Waals surface area contributed by atoms with Crippen molar-refractivity contribution in [1.29, 1.82) is 0 Å². The summed E-state index contributed by atoms with van der Waals surface area (Å²) in [6.07, 6.45) is 2.16. The number of nitrogens with two attached hydrogens (primary N) is 2. The summed E-state index contributed by atoms with van der Waals surface area (Å²) in [4.78, 5) is 20.4. The molecule has 7 nitrogen and oxygen atoms in total. The number of aromatic hydroxyl groups is 1. The zero-order chi connectivity index (χ0) is 15.5. The Morgan fingerprint density at radius 3 is 2.15 bits per heavy atom. The molecule has 0 spiro atoms. The standard InChI is InChI=1S/C7H6O3.C6H14N2O2/c8-6-4-2-1-3-5(6)7(9)10;7-4-2-1-3-5(8)6(9)10/h1-4,8H,(H,9,10);5H,1-4,7-8H2,(H,9,10). The number of hydrogen-bond acceptors (Lipinski definition) is 5. The molecular formula is C13H20N2O5. The third kappa shape index (κ3) is 7.34. The Hall–Kier alpha value is -2.12. The molecule has 7 heteroatoms. The summed E-state index contributed by atoms with van der Waals surface area (Å²) >= 11 is 0. The number of phenols is 1. The zero-order valence-electron chi connectivity index (χ0n) is 11.0. The van der Waals surface area contributed by atoms with E-state index in [1.165, 1.54) is 12.1 Å². The van der Waals surface area contributed by atoms with Crippen LogP contribution in [0.25, 0.3) is 0 Å². The monoisotopic (exact) mass is 284 g/mol. The maximum absolute atomic E-state index is 10.3. The topological polar surface area (TPSA) is 147 Å². The minimum absolute atomic E-state index is 0.0671. The molecule has 0 aliphatic carbocycles. The van der Waals surface area contributed by atoms with Crippen molar-refractivity contribution in [3.8, 4) is 5.75 Å². The predicted octanol–water partition coefficient (Wildman–Crippen LogP) is 0.618. The van der Waals surface area contributed by atoms with Crippen LogP contribution in [0.2, 0.25) is 0 Å². The SMILES string of the molecule is NCCCCC(N)C(=O)O.O=C(O)c1ccccc1O. The van der Waals surface area contributed by atoms with Crippen LogP contribution in [0.3, 0.4) is 0 Å². The largest absolute Gasteiger partial charge is 0.507 e. The molecule has 0 aliphatic rings. The number of rotatable bonds is 6. The number of aromatic carboxylic acids is 1. The van der Waals surface area contributed by atoms with Crippen molar-refractivity contribution < 1.29 is 24.9 Å². The maximum atomic E-state index is 10.3. The first-order valence-electron chi connectivity index (χ1n) is 6.09. The van der Waals surface area contributed by atoms with Crippen LogP contribution in [-0.4, -0.2) is 39.8 Å². The van der Waals surface area contributed by atoms with Crippen LogP contribution in [0.4, 0.5) is 0 Å². The molecule has 20 heavy (non-hydrogen) atoms. The van der Waals surface area contributed by atoms with E-state index in [0.717, 1.165) is 12.8 Å². The molecule has 1 atom stereocenters. The Labute approximate surface area is 116 Å². The second-order valence-corrected chi connectivity index (χ2v) is 4.05. The average molecular weight is 284 g/mol. The summed E-state index contributed by atoms with van der Waals surface area (Å²) in [6.45, 7) is 0.604. The van der Waals surface area contributed by atoms with Crippen molar-refractivity contribution in [3.63, 3.8) is 0 Å². The number of unbranched alkanes of at least 4 members (excludes halogenated alkanes) is 1. The van der Waals surface area contributed by atoms with Gasteiger partial charge in [-0.3, -0.25) is 4.79 Å². The van der Waals surface area contributed by atoms with Crippen LogP contribution in [0.1, 0.15) is 29.6 Å². The van der Waals surface area contributed by atoms with E-state index >= 15 is 0 Å². The van der Waals surface area contributed by atoms with Crippen LogP contribution >= 0.6 is 0 Å². The third-order valence-corrected chi connectivity index (χ3v) is 2.42. The molecule has 1 aromatic rings. The fourth-order valence-electron chi connectivity index (χ4n) is 1.29.